The summed E-state index contributed by atoms with van der Waals surface area (Å²) < 4.78 is 26.8. The lowest BCUT2D eigenvalue weighted by Gasteiger charge is -2.39. The topological polar surface area (TPSA) is 229 Å². The van der Waals surface area contributed by atoms with Crippen molar-refractivity contribution < 1.29 is 64.2 Å². The molecule has 2 heterocycles. The van der Waals surface area contributed by atoms with Gasteiger partial charge in [-0.3, -0.25) is 4.79 Å². The summed E-state index contributed by atoms with van der Waals surface area (Å²) in [6, 6.07) is 3.11. The Labute approximate surface area is 207 Å². The van der Waals surface area contributed by atoms with E-state index in [2.05, 4.69) is 0 Å². The summed E-state index contributed by atoms with van der Waals surface area (Å²) in [4.78, 5) is 13.5. The van der Waals surface area contributed by atoms with Gasteiger partial charge in [0.15, 0.2) is 28.6 Å². The molecular weight excluding hydrogens is 500 g/mol. The van der Waals surface area contributed by atoms with Crippen LogP contribution in [0.1, 0.15) is 0 Å². The molecule has 4 rings (SSSR count). The molecular formula is C23H24O14. The maximum atomic E-state index is 13.5. The fourth-order valence-electron chi connectivity index (χ4n) is 3.91. The second kappa shape index (κ2) is 9.84. The van der Waals surface area contributed by atoms with E-state index < -0.39 is 88.2 Å². The molecule has 1 saturated heterocycles. The minimum atomic E-state index is -1.91. The van der Waals surface area contributed by atoms with Crippen LogP contribution in [0.15, 0.2) is 27.4 Å². The summed E-state index contributed by atoms with van der Waals surface area (Å²) >= 11 is 0. The first kappa shape index (κ1) is 26.1. The molecule has 1 aliphatic rings. The predicted octanol–water partition coefficient (Wildman–Crippen LogP) is -0.522. The van der Waals surface area contributed by atoms with E-state index in [-0.39, 0.29) is 17.1 Å². The van der Waals surface area contributed by atoms with Crippen LogP contribution >= 0.6 is 0 Å². The smallest absolute Gasteiger partial charge is 0.239 e. The van der Waals surface area contributed by atoms with E-state index in [0.29, 0.717) is 6.07 Å². The lowest BCUT2D eigenvalue weighted by atomic mass is 9.99. The summed E-state index contributed by atoms with van der Waals surface area (Å²) in [5.41, 5.74) is -1.77. The van der Waals surface area contributed by atoms with Gasteiger partial charge in [0.05, 0.1) is 20.8 Å². The lowest BCUT2D eigenvalue weighted by Crippen LogP contribution is -2.60. The van der Waals surface area contributed by atoms with Gasteiger partial charge in [-0.05, 0) is 12.1 Å². The van der Waals surface area contributed by atoms with Crippen molar-refractivity contribution in [3.8, 4) is 51.6 Å². The van der Waals surface area contributed by atoms with E-state index in [0.717, 1.165) is 0 Å². The van der Waals surface area contributed by atoms with Crippen molar-refractivity contribution in [3.05, 3.63) is 28.4 Å². The largest absolute Gasteiger partial charge is 0.507 e. The van der Waals surface area contributed by atoms with Crippen LogP contribution in [-0.2, 0) is 4.74 Å². The number of benzene rings is 2. The Morgan fingerprint density at radius 2 is 1.49 bits per heavy atom. The molecule has 8 N–H and O–H groups in total. The summed E-state index contributed by atoms with van der Waals surface area (Å²) in [6.45, 7) is -0.774. The second-order valence-electron chi connectivity index (χ2n) is 8.10. The van der Waals surface area contributed by atoms with Gasteiger partial charge >= 0.3 is 0 Å². The van der Waals surface area contributed by atoms with Gasteiger partial charge in [0.2, 0.25) is 29.0 Å². The van der Waals surface area contributed by atoms with Gasteiger partial charge in [-0.15, -0.1) is 0 Å². The molecule has 200 valence electrons. The number of phenols is 4. The Kier molecular flexibility index (Phi) is 6.94. The Bertz CT molecular complexity index is 1360. The molecule has 1 aromatic heterocycles. The van der Waals surface area contributed by atoms with Crippen LogP contribution in [0.2, 0.25) is 0 Å². The van der Waals surface area contributed by atoms with Crippen molar-refractivity contribution in [3.63, 3.8) is 0 Å². The highest BCUT2D eigenvalue weighted by atomic mass is 16.7. The summed E-state index contributed by atoms with van der Waals surface area (Å²) in [5.74, 6) is -4.31. The SMILES string of the molecule is COc1cc(-c2oc3c(O)c(O)cc(O)c3c(=O)c2O[C@@H]2O[C@H](CO)[C@H](O)[C@H](O)[C@H]2O)cc(OC)c1O. The van der Waals surface area contributed by atoms with E-state index in [1.807, 2.05) is 0 Å². The van der Waals surface area contributed by atoms with Crippen LogP contribution in [0.25, 0.3) is 22.3 Å². The molecule has 0 aliphatic carbocycles. The number of hydrogen-bond donors (Lipinski definition) is 8. The van der Waals surface area contributed by atoms with E-state index in [9.17, 15) is 45.6 Å². The average molecular weight is 524 g/mol. The van der Waals surface area contributed by atoms with Gasteiger partial charge in [0, 0.05) is 11.6 Å². The van der Waals surface area contributed by atoms with Crippen molar-refractivity contribution in [2.45, 2.75) is 30.7 Å². The molecule has 0 amide bonds. The van der Waals surface area contributed by atoms with Gasteiger partial charge in [-0.2, -0.15) is 0 Å². The first-order valence-corrected chi connectivity index (χ1v) is 10.7. The number of hydrogen-bond acceptors (Lipinski definition) is 14. The molecule has 1 aliphatic heterocycles. The second-order valence-corrected chi connectivity index (χ2v) is 8.10. The number of fused-ring (bicyclic) bond motifs is 1. The van der Waals surface area contributed by atoms with Gasteiger partial charge in [-0.1, -0.05) is 0 Å². The molecule has 0 unspecified atom stereocenters. The molecule has 1 fully saturated rings. The highest BCUT2D eigenvalue weighted by molar-refractivity contribution is 5.93. The highest BCUT2D eigenvalue weighted by Crippen LogP contribution is 2.46. The zero-order valence-corrected chi connectivity index (χ0v) is 19.4. The third-order valence-electron chi connectivity index (χ3n) is 5.88. The lowest BCUT2D eigenvalue weighted by molar-refractivity contribution is -0.277. The quantitative estimate of drug-likeness (QED) is 0.150. The third-order valence-corrected chi connectivity index (χ3v) is 5.88. The van der Waals surface area contributed by atoms with Crippen molar-refractivity contribution >= 4 is 11.0 Å². The third kappa shape index (κ3) is 4.30. The average Bonchev–Trinajstić information content (AvgIpc) is 2.88. The van der Waals surface area contributed by atoms with E-state index >= 15 is 0 Å². The first-order valence-electron chi connectivity index (χ1n) is 10.7. The Balaban J connectivity index is 2.00. The van der Waals surface area contributed by atoms with Crippen LogP contribution < -0.4 is 19.6 Å². The monoisotopic (exact) mass is 524 g/mol. The Morgan fingerprint density at radius 3 is 2.05 bits per heavy atom. The number of ether oxygens (including phenoxy) is 4. The summed E-state index contributed by atoms with van der Waals surface area (Å²) in [7, 11) is 2.48. The van der Waals surface area contributed by atoms with Gasteiger partial charge in [-0.25, -0.2) is 0 Å². The molecule has 37 heavy (non-hydrogen) atoms. The van der Waals surface area contributed by atoms with Crippen molar-refractivity contribution in [1.82, 2.24) is 0 Å². The molecule has 0 spiro atoms. The molecule has 0 bridgehead atoms. The maximum absolute atomic E-state index is 13.5. The molecule has 2 aromatic carbocycles. The van der Waals surface area contributed by atoms with Crippen molar-refractivity contribution in [2.24, 2.45) is 0 Å². The fourth-order valence-corrected chi connectivity index (χ4v) is 3.91. The number of methoxy groups -OCH3 is 2. The van der Waals surface area contributed by atoms with Crippen LogP contribution in [0, 0.1) is 0 Å². The zero-order chi connectivity index (χ0) is 27.2. The molecule has 5 atom stereocenters. The molecule has 3 aromatic rings. The zero-order valence-electron chi connectivity index (χ0n) is 19.4. The number of aliphatic hydroxyl groups excluding tert-OH is 4. The van der Waals surface area contributed by atoms with Crippen LogP contribution in [0.4, 0.5) is 0 Å². The Hall–Kier alpha value is -3.95. The minimum absolute atomic E-state index is 0.0349. The maximum Gasteiger partial charge on any atom is 0.239 e. The Morgan fingerprint density at radius 1 is 0.865 bits per heavy atom. The number of aliphatic hydroxyl groups is 4. The van der Waals surface area contributed by atoms with Crippen molar-refractivity contribution in [2.75, 3.05) is 20.8 Å². The number of phenolic OH excluding ortho intramolecular Hbond substituents is 4. The minimum Gasteiger partial charge on any atom is -0.507 e. The van der Waals surface area contributed by atoms with E-state index in [1.54, 1.807) is 0 Å². The highest BCUT2D eigenvalue weighted by Gasteiger charge is 2.45. The standard InChI is InChI=1S/C23H24O14/c1-33-10-3-7(4-11(34-2)15(10)28)20-22(37-23-19(32)18(31)16(29)12(6-24)35-23)17(30)13-8(25)5-9(26)14(27)21(13)36-20/h3-5,12,16,18-19,23-29,31-32H,6H2,1-2H3/t12-,16+,18+,19-,23+/m1/s1. The summed E-state index contributed by atoms with van der Waals surface area (Å²) in [6.07, 6.45) is -8.66. The fraction of sp³-hybridized carbons (Fsp3) is 0.348. The van der Waals surface area contributed by atoms with Gasteiger partial charge < -0.3 is 64.2 Å². The van der Waals surface area contributed by atoms with E-state index in [4.69, 9.17) is 23.4 Å². The van der Waals surface area contributed by atoms with Crippen molar-refractivity contribution in [1.29, 1.82) is 0 Å². The molecule has 14 nitrogen and oxygen atoms in total. The molecule has 14 heteroatoms. The first-order chi connectivity index (χ1) is 17.5. The van der Waals surface area contributed by atoms with Crippen LogP contribution in [-0.4, -0.2) is 92.4 Å². The molecule has 0 saturated carbocycles. The van der Waals surface area contributed by atoms with E-state index in [1.165, 1.54) is 26.4 Å². The normalized spacial score (nSPS) is 23.7. The predicted molar refractivity (Wildman–Crippen MR) is 122 cm³/mol. The van der Waals surface area contributed by atoms with Gasteiger partial charge in [0.1, 0.15) is 35.6 Å². The number of aromatic hydroxyl groups is 4. The number of rotatable bonds is 6. The van der Waals surface area contributed by atoms with Gasteiger partial charge in [0.25, 0.3) is 0 Å². The van der Waals surface area contributed by atoms with Crippen LogP contribution in [0.3, 0.4) is 0 Å². The van der Waals surface area contributed by atoms with Crippen LogP contribution in [0.5, 0.6) is 40.2 Å². The molecule has 0 radical (unpaired) electrons. The summed E-state index contributed by atoms with van der Waals surface area (Å²) in [5, 5.41) is 80.3.